The quantitative estimate of drug-likeness (QED) is 0.435. The van der Waals surface area contributed by atoms with Gasteiger partial charge >= 0.3 is 6.18 Å². The Morgan fingerprint density at radius 1 is 1.30 bits per heavy atom. The van der Waals surface area contributed by atoms with E-state index in [2.05, 4.69) is 5.10 Å². The number of ketones is 1. The third kappa shape index (κ3) is 4.88. The summed E-state index contributed by atoms with van der Waals surface area (Å²) in [4.78, 5) is 13.2. The van der Waals surface area contributed by atoms with E-state index in [1.54, 1.807) is 23.9 Å². The minimum atomic E-state index is -4.46. The van der Waals surface area contributed by atoms with Gasteiger partial charge in [-0.15, -0.1) is 11.3 Å². The lowest BCUT2D eigenvalue weighted by molar-refractivity contribution is -0.138. The van der Waals surface area contributed by atoms with E-state index in [0.29, 0.717) is 25.5 Å². The standard InChI is InChI=1S/C20H18Cl2F3N3OS/c1-28-18(15(21)10-27-28)13-8-17(30-19(13)22)16(29)7-11(9-26)6-12-4-2-3-5-14(12)20(23,24)25/h2-5,8,10-11H,6-7,9,26H2,1H3/t11-/m1/s1. The molecule has 0 aliphatic carbocycles. The molecule has 3 aromatic rings. The number of rotatable bonds is 7. The lowest BCUT2D eigenvalue weighted by Crippen LogP contribution is -2.22. The molecule has 0 saturated carbocycles. The first-order valence-electron chi connectivity index (χ1n) is 8.97. The van der Waals surface area contributed by atoms with Crippen molar-refractivity contribution in [3.63, 3.8) is 0 Å². The molecule has 0 radical (unpaired) electrons. The Labute approximate surface area is 185 Å². The molecule has 0 amide bonds. The van der Waals surface area contributed by atoms with Crippen LogP contribution in [0.5, 0.6) is 0 Å². The van der Waals surface area contributed by atoms with E-state index in [-0.39, 0.29) is 30.7 Å². The number of aromatic nitrogens is 2. The van der Waals surface area contributed by atoms with Crippen molar-refractivity contribution in [1.29, 1.82) is 0 Å². The number of nitrogens with zero attached hydrogens (tertiary/aromatic N) is 2. The highest BCUT2D eigenvalue weighted by Gasteiger charge is 2.33. The molecule has 10 heteroatoms. The van der Waals surface area contributed by atoms with E-state index in [9.17, 15) is 18.0 Å². The van der Waals surface area contributed by atoms with Crippen LogP contribution in [0.4, 0.5) is 13.2 Å². The summed E-state index contributed by atoms with van der Waals surface area (Å²) in [6, 6.07) is 6.97. The second-order valence-electron chi connectivity index (χ2n) is 6.85. The fourth-order valence-corrected chi connectivity index (χ4v) is 4.76. The van der Waals surface area contributed by atoms with Gasteiger partial charge in [0.2, 0.25) is 0 Å². The second kappa shape index (κ2) is 9.09. The van der Waals surface area contributed by atoms with Gasteiger partial charge in [-0.25, -0.2) is 0 Å². The highest BCUT2D eigenvalue weighted by atomic mass is 35.5. The number of thiophene rings is 1. The van der Waals surface area contributed by atoms with Crippen LogP contribution in [0.3, 0.4) is 0 Å². The normalized spacial score (nSPS) is 12.9. The van der Waals surface area contributed by atoms with Crippen LogP contribution in [0, 0.1) is 5.92 Å². The Bertz CT molecular complexity index is 1040. The average Bonchev–Trinajstić information content (AvgIpc) is 3.22. The first-order chi connectivity index (χ1) is 14.1. The molecule has 0 aliphatic rings. The zero-order valence-corrected chi connectivity index (χ0v) is 18.2. The summed E-state index contributed by atoms with van der Waals surface area (Å²) >= 11 is 13.6. The Morgan fingerprint density at radius 2 is 2.00 bits per heavy atom. The molecule has 30 heavy (non-hydrogen) atoms. The molecule has 1 aromatic carbocycles. The number of hydrogen-bond acceptors (Lipinski definition) is 4. The zero-order chi connectivity index (χ0) is 22.1. The summed E-state index contributed by atoms with van der Waals surface area (Å²) in [6.07, 6.45) is -2.91. The van der Waals surface area contributed by atoms with Crippen molar-refractivity contribution >= 4 is 40.3 Å². The van der Waals surface area contributed by atoms with Crippen molar-refractivity contribution in [3.8, 4) is 11.3 Å². The van der Waals surface area contributed by atoms with Crippen LogP contribution in [0.1, 0.15) is 27.2 Å². The molecule has 0 saturated heterocycles. The van der Waals surface area contributed by atoms with Crippen LogP contribution in [0.25, 0.3) is 11.3 Å². The Morgan fingerprint density at radius 3 is 2.60 bits per heavy atom. The van der Waals surface area contributed by atoms with E-state index >= 15 is 0 Å². The number of aryl methyl sites for hydroxylation is 1. The highest BCUT2D eigenvalue weighted by molar-refractivity contribution is 7.18. The van der Waals surface area contributed by atoms with Crippen LogP contribution in [0.15, 0.2) is 36.5 Å². The lowest BCUT2D eigenvalue weighted by atomic mass is 9.91. The van der Waals surface area contributed by atoms with Gasteiger partial charge in [-0.3, -0.25) is 9.48 Å². The SMILES string of the molecule is Cn1ncc(Cl)c1-c1cc(C(=O)C[C@H](CN)Cc2ccccc2C(F)(F)F)sc1Cl. The molecule has 0 spiro atoms. The smallest absolute Gasteiger partial charge is 0.330 e. The third-order valence-corrected chi connectivity index (χ3v) is 6.43. The Balaban J connectivity index is 1.80. The minimum Gasteiger partial charge on any atom is -0.330 e. The average molecular weight is 476 g/mol. The first kappa shape index (κ1) is 22.8. The van der Waals surface area contributed by atoms with Crippen molar-refractivity contribution in [1.82, 2.24) is 9.78 Å². The Hall–Kier alpha value is -1.87. The fraction of sp³-hybridized carbons (Fsp3) is 0.300. The molecule has 2 N–H and O–H groups in total. The van der Waals surface area contributed by atoms with Crippen LogP contribution >= 0.6 is 34.5 Å². The van der Waals surface area contributed by atoms with Crippen LogP contribution in [-0.2, 0) is 19.6 Å². The predicted octanol–water partition coefficient (Wildman–Crippen LogP) is 5.86. The molecule has 0 aliphatic heterocycles. The zero-order valence-electron chi connectivity index (χ0n) is 15.8. The van der Waals surface area contributed by atoms with Gasteiger partial charge in [0.25, 0.3) is 0 Å². The number of alkyl halides is 3. The van der Waals surface area contributed by atoms with Crippen LogP contribution in [0.2, 0.25) is 9.36 Å². The number of halogens is 5. The maximum Gasteiger partial charge on any atom is 0.416 e. The number of Topliss-reactive ketones (excluding diaryl/α,β-unsaturated/α-hetero) is 1. The van der Waals surface area contributed by atoms with Crippen LogP contribution in [-0.4, -0.2) is 22.1 Å². The fourth-order valence-electron chi connectivity index (χ4n) is 3.27. The van der Waals surface area contributed by atoms with Crippen molar-refractivity contribution in [3.05, 3.63) is 61.9 Å². The molecule has 160 valence electrons. The number of nitrogens with two attached hydrogens (primary N) is 1. The molecular weight excluding hydrogens is 458 g/mol. The molecule has 2 heterocycles. The highest BCUT2D eigenvalue weighted by Crippen LogP contribution is 2.39. The van der Waals surface area contributed by atoms with E-state index in [4.69, 9.17) is 28.9 Å². The van der Waals surface area contributed by atoms with Gasteiger partial charge in [0.05, 0.1) is 27.4 Å². The van der Waals surface area contributed by atoms with E-state index < -0.39 is 17.7 Å². The molecule has 2 aromatic heterocycles. The second-order valence-corrected chi connectivity index (χ2v) is 8.91. The van der Waals surface area contributed by atoms with Crippen molar-refractivity contribution in [2.45, 2.75) is 19.0 Å². The minimum absolute atomic E-state index is 0.0120. The van der Waals surface area contributed by atoms with E-state index in [0.717, 1.165) is 17.4 Å². The summed E-state index contributed by atoms with van der Waals surface area (Å²) in [7, 11) is 1.71. The van der Waals surface area contributed by atoms with Crippen molar-refractivity contribution in [2.75, 3.05) is 6.54 Å². The maximum atomic E-state index is 13.2. The summed E-state index contributed by atoms with van der Waals surface area (Å²) < 4.78 is 41.7. The summed E-state index contributed by atoms with van der Waals surface area (Å²) in [6.45, 7) is 0.0808. The summed E-state index contributed by atoms with van der Waals surface area (Å²) in [5.74, 6) is -0.669. The first-order valence-corrected chi connectivity index (χ1v) is 10.5. The van der Waals surface area contributed by atoms with Gasteiger partial charge in [-0.1, -0.05) is 41.4 Å². The number of carbonyl (C=O) groups is 1. The van der Waals surface area contributed by atoms with Crippen molar-refractivity contribution in [2.24, 2.45) is 18.7 Å². The third-order valence-electron chi connectivity index (χ3n) is 4.75. The largest absolute Gasteiger partial charge is 0.416 e. The van der Waals surface area contributed by atoms with Gasteiger partial charge in [0.15, 0.2) is 5.78 Å². The molecule has 1 atom stereocenters. The van der Waals surface area contributed by atoms with Gasteiger partial charge in [-0.2, -0.15) is 18.3 Å². The summed E-state index contributed by atoms with van der Waals surface area (Å²) in [5, 5.41) is 4.46. The molecule has 0 fully saturated rings. The van der Waals surface area contributed by atoms with Gasteiger partial charge < -0.3 is 5.73 Å². The maximum absolute atomic E-state index is 13.2. The number of hydrogen-bond donors (Lipinski definition) is 1. The topological polar surface area (TPSA) is 60.9 Å². The lowest BCUT2D eigenvalue weighted by Gasteiger charge is -2.17. The summed E-state index contributed by atoms with van der Waals surface area (Å²) in [5.41, 5.74) is 6.37. The van der Waals surface area contributed by atoms with E-state index in [1.165, 1.54) is 18.3 Å². The number of carbonyl (C=O) groups excluding carboxylic acids is 1. The van der Waals surface area contributed by atoms with E-state index in [1.807, 2.05) is 0 Å². The van der Waals surface area contributed by atoms with Gasteiger partial charge in [0, 0.05) is 19.0 Å². The van der Waals surface area contributed by atoms with Crippen molar-refractivity contribution < 1.29 is 18.0 Å². The monoisotopic (exact) mass is 475 g/mol. The molecule has 0 bridgehead atoms. The molecular formula is C20H18Cl2F3N3OS. The molecule has 0 unspecified atom stereocenters. The molecule has 4 nitrogen and oxygen atoms in total. The Kier molecular flexibility index (Phi) is 6.91. The van der Waals surface area contributed by atoms with Gasteiger partial charge in [-0.05, 0) is 36.6 Å². The van der Waals surface area contributed by atoms with Gasteiger partial charge in [0.1, 0.15) is 4.34 Å². The number of benzene rings is 1. The predicted molar refractivity (Wildman–Crippen MR) is 113 cm³/mol. The molecule has 3 rings (SSSR count). The van der Waals surface area contributed by atoms with Crippen LogP contribution < -0.4 is 5.73 Å².